The summed E-state index contributed by atoms with van der Waals surface area (Å²) < 4.78 is 0. The maximum absolute atomic E-state index is 3.76. The van der Waals surface area contributed by atoms with Crippen LogP contribution in [0.1, 0.15) is 39.5 Å². The van der Waals surface area contributed by atoms with E-state index in [1.807, 2.05) is 6.92 Å². The Morgan fingerprint density at radius 2 is 2.25 bits per heavy atom. The molecule has 0 aromatic rings. The Morgan fingerprint density at radius 3 is 2.94 bits per heavy atom. The van der Waals surface area contributed by atoms with Gasteiger partial charge in [0.05, 0.1) is 0 Å². The molecule has 2 aliphatic rings. The highest BCUT2D eigenvalue weighted by Crippen LogP contribution is 2.40. The van der Waals surface area contributed by atoms with Crippen molar-refractivity contribution in [3.05, 3.63) is 0 Å². The first-order valence-corrected chi connectivity index (χ1v) is 6.61. The molecule has 1 atom stereocenters. The highest BCUT2D eigenvalue weighted by Gasteiger charge is 2.42. The molecule has 0 aromatic heterocycles. The SMILES string of the molecule is CC#CCCN1CCCNC(C)(C2CC2)C1. The third-order valence-electron chi connectivity index (χ3n) is 3.94. The van der Waals surface area contributed by atoms with E-state index in [0.717, 1.165) is 18.9 Å². The minimum Gasteiger partial charge on any atom is -0.310 e. The molecule has 0 amide bonds. The van der Waals surface area contributed by atoms with Crippen molar-refractivity contribution >= 4 is 0 Å². The highest BCUT2D eigenvalue weighted by molar-refractivity contribution is 5.02. The van der Waals surface area contributed by atoms with Gasteiger partial charge in [-0.25, -0.2) is 0 Å². The number of hydrogen-bond acceptors (Lipinski definition) is 2. The van der Waals surface area contributed by atoms with E-state index in [2.05, 4.69) is 29.0 Å². The van der Waals surface area contributed by atoms with Gasteiger partial charge in [0.25, 0.3) is 0 Å². The van der Waals surface area contributed by atoms with Gasteiger partial charge in [0.15, 0.2) is 0 Å². The second kappa shape index (κ2) is 5.21. The van der Waals surface area contributed by atoms with Crippen molar-refractivity contribution in [2.45, 2.75) is 45.1 Å². The average molecular weight is 220 g/mol. The predicted octanol–water partition coefficient (Wildman–Crippen LogP) is 1.86. The van der Waals surface area contributed by atoms with Gasteiger partial charge in [-0.3, -0.25) is 0 Å². The molecule has 1 saturated carbocycles. The van der Waals surface area contributed by atoms with Crippen molar-refractivity contribution in [3.8, 4) is 11.8 Å². The predicted molar refractivity (Wildman–Crippen MR) is 68.3 cm³/mol. The second-order valence-corrected chi connectivity index (χ2v) is 5.42. The molecule has 1 N–H and O–H groups in total. The zero-order valence-corrected chi connectivity index (χ0v) is 10.7. The molecule has 2 rings (SSSR count). The Balaban J connectivity index is 1.88. The molecule has 1 saturated heterocycles. The Kier molecular flexibility index (Phi) is 3.89. The molecule has 1 heterocycles. The Bertz CT molecular complexity index is 285. The van der Waals surface area contributed by atoms with Crippen LogP contribution in [0.3, 0.4) is 0 Å². The lowest BCUT2D eigenvalue weighted by Crippen LogP contribution is -2.51. The van der Waals surface area contributed by atoms with Gasteiger partial charge in [-0.05, 0) is 52.1 Å². The van der Waals surface area contributed by atoms with Gasteiger partial charge in [-0.2, -0.15) is 0 Å². The zero-order valence-electron chi connectivity index (χ0n) is 10.7. The van der Waals surface area contributed by atoms with Gasteiger partial charge in [0, 0.05) is 25.0 Å². The van der Waals surface area contributed by atoms with Gasteiger partial charge < -0.3 is 10.2 Å². The molecule has 0 bridgehead atoms. The van der Waals surface area contributed by atoms with Crippen molar-refractivity contribution < 1.29 is 0 Å². The van der Waals surface area contributed by atoms with Crippen molar-refractivity contribution in [1.82, 2.24) is 10.2 Å². The normalized spacial score (nSPS) is 31.6. The highest BCUT2D eigenvalue weighted by atomic mass is 15.2. The molecule has 0 spiro atoms. The molecule has 1 aliphatic heterocycles. The standard InChI is InChI=1S/C14H24N2/c1-3-4-5-10-16-11-6-9-15-14(2,12-16)13-7-8-13/h13,15H,5-12H2,1-2H3. The quantitative estimate of drug-likeness (QED) is 0.730. The first-order chi connectivity index (χ1) is 7.74. The lowest BCUT2D eigenvalue weighted by atomic mass is 9.95. The molecule has 2 heteroatoms. The van der Waals surface area contributed by atoms with Crippen LogP contribution < -0.4 is 5.32 Å². The number of hydrogen-bond donors (Lipinski definition) is 1. The Morgan fingerprint density at radius 1 is 1.44 bits per heavy atom. The van der Waals surface area contributed by atoms with Gasteiger partial charge in [0.1, 0.15) is 0 Å². The summed E-state index contributed by atoms with van der Waals surface area (Å²) in [5.74, 6) is 7.08. The monoisotopic (exact) mass is 220 g/mol. The maximum Gasteiger partial charge on any atom is 0.0308 e. The van der Waals surface area contributed by atoms with Crippen LogP contribution in [-0.4, -0.2) is 36.6 Å². The van der Waals surface area contributed by atoms with E-state index >= 15 is 0 Å². The number of rotatable bonds is 3. The van der Waals surface area contributed by atoms with Gasteiger partial charge in [0.2, 0.25) is 0 Å². The van der Waals surface area contributed by atoms with Crippen molar-refractivity contribution in [3.63, 3.8) is 0 Å². The lowest BCUT2D eigenvalue weighted by molar-refractivity contribution is 0.204. The fourth-order valence-corrected chi connectivity index (χ4v) is 2.80. The smallest absolute Gasteiger partial charge is 0.0308 e. The van der Waals surface area contributed by atoms with Crippen LogP contribution in [0.5, 0.6) is 0 Å². The molecular weight excluding hydrogens is 196 g/mol. The molecule has 2 nitrogen and oxygen atoms in total. The first kappa shape index (κ1) is 12.0. The molecule has 2 fully saturated rings. The maximum atomic E-state index is 3.76. The summed E-state index contributed by atoms with van der Waals surface area (Å²) in [6.07, 6.45) is 5.15. The minimum atomic E-state index is 0.371. The Hall–Kier alpha value is -0.520. The summed E-state index contributed by atoms with van der Waals surface area (Å²) in [6.45, 7) is 9.12. The van der Waals surface area contributed by atoms with Crippen molar-refractivity contribution in [2.75, 3.05) is 26.2 Å². The number of nitrogens with one attached hydrogen (secondary N) is 1. The summed E-state index contributed by atoms with van der Waals surface area (Å²) in [5.41, 5.74) is 0.371. The first-order valence-electron chi connectivity index (χ1n) is 6.61. The van der Waals surface area contributed by atoms with E-state index in [1.54, 1.807) is 0 Å². The summed E-state index contributed by atoms with van der Waals surface area (Å²) >= 11 is 0. The summed E-state index contributed by atoms with van der Waals surface area (Å²) in [6, 6.07) is 0. The van der Waals surface area contributed by atoms with Crippen LogP contribution in [0.4, 0.5) is 0 Å². The zero-order chi connectivity index (χ0) is 11.4. The van der Waals surface area contributed by atoms with E-state index in [9.17, 15) is 0 Å². The van der Waals surface area contributed by atoms with Crippen LogP contribution in [0.25, 0.3) is 0 Å². The van der Waals surface area contributed by atoms with Crippen LogP contribution in [0.2, 0.25) is 0 Å². The topological polar surface area (TPSA) is 15.3 Å². The van der Waals surface area contributed by atoms with Gasteiger partial charge >= 0.3 is 0 Å². The molecular formula is C14H24N2. The third kappa shape index (κ3) is 2.99. The summed E-state index contributed by atoms with van der Waals surface area (Å²) in [5, 5.41) is 3.76. The largest absolute Gasteiger partial charge is 0.310 e. The fourth-order valence-electron chi connectivity index (χ4n) is 2.80. The van der Waals surface area contributed by atoms with E-state index in [1.165, 1.54) is 38.9 Å². The van der Waals surface area contributed by atoms with Crippen LogP contribution in [0, 0.1) is 17.8 Å². The fraction of sp³-hybridized carbons (Fsp3) is 0.857. The summed E-state index contributed by atoms with van der Waals surface area (Å²) in [4.78, 5) is 2.60. The lowest BCUT2D eigenvalue weighted by Gasteiger charge is -2.33. The average Bonchev–Trinajstić information content (AvgIpc) is 3.06. The van der Waals surface area contributed by atoms with Gasteiger partial charge in [-0.15, -0.1) is 11.8 Å². The minimum absolute atomic E-state index is 0.371. The van der Waals surface area contributed by atoms with E-state index in [0.29, 0.717) is 5.54 Å². The molecule has 0 aromatic carbocycles. The number of nitrogens with zero attached hydrogens (tertiary/aromatic N) is 1. The second-order valence-electron chi connectivity index (χ2n) is 5.42. The molecule has 16 heavy (non-hydrogen) atoms. The molecule has 1 aliphatic carbocycles. The van der Waals surface area contributed by atoms with Gasteiger partial charge in [-0.1, -0.05) is 0 Å². The molecule has 0 radical (unpaired) electrons. The van der Waals surface area contributed by atoms with Crippen LogP contribution in [-0.2, 0) is 0 Å². The van der Waals surface area contributed by atoms with Crippen molar-refractivity contribution in [2.24, 2.45) is 5.92 Å². The molecule has 90 valence electrons. The Labute approximate surface area is 99.8 Å². The van der Waals surface area contributed by atoms with Crippen molar-refractivity contribution in [1.29, 1.82) is 0 Å². The van der Waals surface area contributed by atoms with E-state index in [4.69, 9.17) is 0 Å². The molecule has 1 unspecified atom stereocenters. The van der Waals surface area contributed by atoms with E-state index in [-0.39, 0.29) is 0 Å². The summed E-state index contributed by atoms with van der Waals surface area (Å²) in [7, 11) is 0. The van der Waals surface area contributed by atoms with Crippen LogP contribution >= 0.6 is 0 Å². The third-order valence-corrected chi connectivity index (χ3v) is 3.94. The van der Waals surface area contributed by atoms with Crippen LogP contribution in [0.15, 0.2) is 0 Å². The van der Waals surface area contributed by atoms with E-state index < -0.39 is 0 Å².